The van der Waals surface area contributed by atoms with Crippen LogP contribution in [0, 0.1) is 0 Å². The standard InChI is InChI=1S/C18H25N3O2.C17H23N3O2/c1-13-16(14-9-5-3-6-10-14)20(2)18(23)21(13)17(22)19-15-11-7-4-8-12-15;1-12-15(13-8-4-2-5-9-13)19-17(22)20(12)16(21)18-14-10-6-3-7-11-14/h3,5-6,9-10,13,15-16H,4,7-8,11-12H2,1-2H3,(H,19,22);2,4-5,8-9,12,14-15H,3,6-7,10-11H2,1H3,(H,18,21)(H,19,22). The maximum absolute atomic E-state index is 12.6. The molecule has 0 bridgehead atoms. The zero-order chi connectivity index (χ0) is 31.9. The first-order chi connectivity index (χ1) is 21.8. The minimum Gasteiger partial charge on any atom is -0.335 e. The number of imide groups is 2. The van der Waals surface area contributed by atoms with Crippen LogP contribution in [0.2, 0.25) is 0 Å². The lowest BCUT2D eigenvalue weighted by Gasteiger charge is -2.27. The predicted octanol–water partition coefficient (Wildman–Crippen LogP) is 6.71. The van der Waals surface area contributed by atoms with E-state index in [2.05, 4.69) is 16.0 Å². The second-order valence-electron chi connectivity index (χ2n) is 12.9. The molecule has 2 heterocycles. The van der Waals surface area contributed by atoms with E-state index in [0.717, 1.165) is 62.5 Å². The van der Waals surface area contributed by atoms with Gasteiger partial charge in [0.05, 0.1) is 24.2 Å². The van der Waals surface area contributed by atoms with Crippen LogP contribution >= 0.6 is 0 Å². The summed E-state index contributed by atoms with van der Waals surface area (Å²) in [6, 6.07) is 18.4. The molecule has 242 valence electrons. The van der Waals surface area contributed by atoms with Gasteiger partial charge in [-0.25, -0.2) is 29.0 Å². The molecule has 2 aliphatic heterocycles. The first-order valence-corrected chi connectivity index (χ1v) is 16.6. The lowest BCUT2D eigenvalue weighted by molar-refractivity contribution is 0.178. The number of hydrogen-bond donors (Lipinski definition) is 3. The molecule has 2 saturated heterocycles. The first-order valence-electron chi connectivity index (χ1n) is 16.6. The van der Waals surface area contributed by atoms with Gasteiger partial charge >= 0.3 is 24.1 Å². The van der Waals surface area contributed by atoms with Crippen molar-refractivity contribution in [1.82, 2.24) is 30.7 Å². The Bertz CT molecular complexity index is 1310. The third-order valence-corrected chi connectivity index (χ3v) is 9.78. The maximum Gasteiger partial charge on any atom is 0.328 e. The lowest BCUT2D eigenvalue weighted by atomic mass is 9.95. The van der Waals surface area contributed by atoms with Gasteiger partial charge in [-0.2, -0.15) is 0 Å². The summed E-state index contributed by atoms with van der Waals surface area (Å²) in [5.41, 5.74) is 2.08. The van der Waals surface area contributed by atoms with Crippen LogP contribution in [0.5, 0.6) is 0 Å². The third-order valence-electron chi connectivity index (χ3n) is 9.78. The Morgan fingerprint density at radius 1 is 0.667 bits per heavy atom. The van der Waals surface area contributed by atoms with E-state index in [-0.39, 0.29) is 60.4 Å². The van der Waals surface area contributed by atoms with Crippen molar-refractivity contribution < 1.29 is 19.2 Å². The van der Waals surface area contributed by atoms with Crippen molar-refractivity contribution in [1.29, 1.82) is 0 Å². The van der Waals surface area contributed by atoms with E-state index < -0.39 is 0 Å². The highest BCUT2D eigenvalue weighted by atomic mass is 16.2. The van der Waals surface area contributed by atoms with Gasteiger partial charge in [0, 0.05) is 19.1 Å². The Morgan fingerprint density at radius 2 is 1.13 bits per heavy atom. The van der Waals surface area contributed by atoms with E-state index in [1.54, 1.807) is 11.9 Å². The van der Waals surface area contributed by atoms with Crippen LogP contribution in [0.1, 0.15) is 101 Å². The third kappa shape index (κ3) is 7.43. The molecule has 4 unspecified atom stereocenters. The molecule has 2 aromatic carbocycles. The quantitative estimate of drug-likeness (QED) is 0.354. The molecule has 2 aliphatic carbocycles. The number of rotatable bonds is 4. The van der Waals surface area contributed by atoms with E-state index in [9.17, 15) is 19.2 Å². The average molecular weight is 617 g/mol. The largest absolute Gasteiger partial charge is 0.335 e. The molecule has 0 spiro atoms. The summed E-state index contributed by atoms with van der Waals surface area (Å²) >= 11 is 0. The van der Waals surface area contributed by atoms with Crippen molar-refractivity contribution in [2.45, 2.75) is 114 Å². The highest BCUT2D eigenvalue weighted by Gasteiger charge is 2.46. The molecule has 2 saturated carbocycles. The number of amides is 8. The molecular weight excluding hydrogens is 568 g/mol. The minimum atomic E-state index is -0.310. The molecule has 8 amide bonds. The molecular formula is C35H48N6O4. The molecule has 0 radical (unpaired) electrons. The summed E-state index contributed by atoms with van der Waals surface area (Å²) in [4.78, 5) is 54.2. The topological polar surface area (TPSA) is 114 Å². The molecule has 4 fully saturated rings. The van der Waals surface area contributed by atoms with Gasteiger partial charge in [-0.05, 0) is 50.7 Å². The lowest BCUT2D eigenvalue weighted by Crippen LogP contribution is -2.49. The van der Waals surface area contributed by atoms with Crippen molar-refractivity contribution in [3.05, 3.63) is 71.8 Å². The Kier molecular flexibility index (Phi) is 10.6. The van der Waals surface area contributed by atoms with Crippen LogP contribution in [-0.2, 0) is 0 Å². The second kappa shape index (κ2) is 14.8. The summed E-state index contributed by atoms with van der Waals surface area (Å²) in [5, 5.41) is 8.99. The van der Waals surface area contributed by atoms with Crippen molar-refractivity contribution >= 4 is 24.1 Å². The summed E-state index contributed by atoms with van der Waals surface area (Å²) in [7, 11) is 1.77. The number of nitrogens with one attached hydrogen (secondary N) is 3. The molecule has 10 heteroatoms. The monoisotopic (exact) mass is 616 g/mol. The zero-order valence-electron chi connectivity index (χ0n) is 26.8. The molecule has 45 heavy (non-hydrogen) atoms. The molecule has 6 rings (SSSR count). The average Bonchev–Trinajstić information content (AvgIpc) is 3.48. The first kappa shape index (κ1) is 32.3. The molecule has 3 N–H and O–H groups in total. The van der Waals surface area contributed by atoms with Crippen molar-refractivity contribution in [3.8, 4) is 0 Å². The van der Waals surface area contributed by atoms with E-state index in [4.69, 9.17) is 0 Å². The number of carbonyl (C=O) groups excluding carboxylic acids is 4. The summed E-state index contributed by atoms with van der Waals surface area (Å²) in [6.45, 7) is 3.86. The molecule has 4 aliphatic rings. The number of benzene rings is 2. The number of carbonyl (C=O) groups is 4. The second-order valence-corrected chi connectivity index (χ2v) is 12.9. The number of likely N-dealkylation sites (N-methyl/N-ethyl adjacent to an activating group) is 1. The van der Waals surface area contributed by atoms with Crippen LogP contribution in [-0.4, -0.2) is 70.0 Å². The van der Waals surface area contributed by atoms with Crippen molar-refractivity contribution in [2.24, 2.45) is 0 Å². The van der Waals surface area contributed by atoms with Crippen LogP contribution in [0.15, 0.2) is 60.7 Å². The smallest absolute Gasteiger partial charge is 0.328 e. The fraction of sp³-hybridized carbons (Fsp3) is 0.543. The molecule has 0 aromatic heterocycles. The van der Waals surface area contributed by atoms with E-state index in [1.807, 2.05) is 74.5 Å². The van der Waals surface area contributed by atoms with Crippen LogP contribution < -0.4 is 16.0 Å². The maximum atomic E-state index is 12.6. The van der Waals surface area contributed by atoms with Gasteiger partial charge in [-0.15, -0.1) is 0 Å². The van der Waals surface area contributed by atoms with Gasteiger partial charge < -0.3 is 20.9 Å². The summed E-state index contributed by atoms with van der Waals surface area (Å²) < 4.78 is 0. The number of urea groups is 4. The molecule has 4 atom stereocenters. The van der Waals surface area contributed by atoms with Gasteiger partial charge in [-0.1, -0.05) is 99.2 Å². The Balaban J connectivity index is 0.000000178. The van der Waals surface area contributed by atoms with Crippen LogP contribution in [0.4, 0.5) is 19.2 Å². The van der Waals surface area contributed by atoms with E-state index in [0.29, 0.717) is 0 Å². The van der Waals surface area contributed by atoms with E-state index >= 15 is 0 Å². The Hall–Kier alpha value is -4.08. The van der Waals surface area contributed by atoms with Gasteiger partial charge in [0.25, 0.3) is 0 Å². The highest BCUT2D eigenvalue weighted by molar-refractivity contribution is 5.96. The number of nitrogens with zero attached hydrogens (tertiary/aromatic N) is 3. The fourth-order valence-corrected chi connectivity index (χ4v) is 7.29. The van der Waals surface area contributed by atoms with Gasteiger partial charge in [0.15, 0.2) is 0 Å². The van der Waals surface area contributed by atoms with Crippen LogP contribution in [0.25, 0.3) is 0 Å². The highest BCUT2D eigenvalue weighted by Crippen LogP contribution is 2.34. The summed E-state index contributed by atoms with van der Waals surface area (Å²) in [5.74, 6) is 0. The minimum absolute atomic E-state index is 0.0965. The fourth-order valence-electron chi connectivity index (χ4n) is 7.29. The van der Waals surface area contributed by atoms with Gasteiger partial charge in [-0.3, -0.25) is 0 Å². The molecule has 10 nitrogen and oxygen atoms in total. The number of hydrogen-bond acceptors (Lipinski definition) is 4. The van der Waals surface area contributed by atoms with Gasteiger partial charge in [0.2, 0.25) is 0 Å². The van der Waals surface area contributed by atoms with Crippen molar-refractivity contribution in [3.63, 3.8) is 0 Å². The molecule has 2 aromatic rings. The predicted molar refractivity (Wildman–Crippen MR) is 173 cm³/mol. The summed E-state index contributed by atoms with van der Waals surface area (Å²) in [6.07, 6.45) is 11.1. The van der Waals surface area contributed by atoms with E-state index in [1.165, 1.54) is 22.6 Å². The SMILES string of the molecule is CC1C(c2ccccc2)N(C)C(=O)N1C(=O)NC1CCCCC1.CC1C(c2ccccc2)NC(=O)N1C(=O)NC1CCCCC1. The van der Waals surface area contributed by atoms with Gasteiger partial charge in [0.1, 0.15) is 0 Å². The van der Waals surface area contributed by atoms with Crippen LogP contribution in [0.3, 0.4) is 0 Å². The zero-order valence-corrected chi connectivity index (χ0v) is 26.8. The Morgan fingerprint density at radius 3 is 1.64 bits per heavy atom. The van der Waals surface area contributed by atoms with Crippen molar-refractivity contribution in [2.75, 3.05) is 7.05 Å². The Labute approximate surface area is 266 Å². The normalized spacial score (nSPS) is 25.8.